The van der Waals surface area contributed by atoms with Crippen molar-refractivity contribution in [1.82, 2.24) is 24.8 Å². The van der Waals surface area contributed by atoms with Crippen LogP contribution in [0.2, 0.25) is 0 Å². The maximum absolute atomic E-state index is 13.2. The average Bonchev–Trinajstić information content (AvgIpc) is 2.98. The minimum absolute atomic E-state index is 0.0327. The maximum atomic E-state index is 13.2. The third kappa shape index (κ3) is 4.71. The van der Waals surface area contributed by atoms with Gasteiger partial charge < -0.3 is 16.2 Å². The second-order valence-corrected chi connectivity index (χ2v) is 7.12. The Kier molecular flexibility index (Phi) is 5.82. The number of hydrogen-bond acceptors (Lipinski definition) is 7. The first-order valence-electron chi connectivity index (χ1n) is 8.37. The number of nitrogens with one attached hydrogen (secondary N) is 2. The molecule has 3 aromatic rings. The first kappa shape index (κ1) is 20.3. The van der Waals surface area contributed by atoms with Crippen molar-refractivity contribution >= 4 is 40.8 Å². The number of aromatic amines is 1. The van der Waals surface area contributed by atoms with Gasteiger partial charge in [-0.05, 0) is 17.7 Å². The number of halogens is 1. The summed E-state index contributed by atoms with van der Waals surface area (Å²) >= 11 is 1.04. The Bertz CT molecular complexity index is 1130. The number of amides is 1. The Morgan fingerprint density at radius 1 is 1.34 bits per heavy atom. The van der Waals surface area contributed by atoms with Crippen molar-refractivity contribution in [2.24, 2.45) is 0 Å². The lowest BCUT2D eigenvalue weighted by molar-refractivity contribution is -0.140. The summed E-state index contributed by atoms with van der Waals surface area (Å²) in [6.45, 7) is 1.42. The van der Waals surface area contributed by atoms with Crippen LogP contribution in [0.25, 0.3) is 11.2 Å². The Hall–Kier alpha value is -3.41. The summed E-state index contributed by atoms with van der Waals surface area (Å²) in [5.74, 6) is -2.20. The van der Waals surface area contributed by atoms with Gasteiger partial charge in [0.1, 0.15) is 11.9 Å². The van der Waals surface area contributed by atoms with Gasteiger partial charge in [-0.3, -0.25) is 19.1 Å². The average molecular weight is 420 g/mol. The van der Waals surface area contributed by atoms with Gasteiger partial charge in [0.25, 0.3) is 5.56 Å². The summed E-state index contributed by atoms with van der Waals surface area (Å²) < 4.78 is 14.8. The van der Waals surface area contributed by atoms with Crippen LogP contribution in [0.4, 0.5) is 10.3 Å². The van der Waals surface area contributed by atoms with E-state index >= 15 is 0 Å². The molecule has 5 N–H and O–H groups in total. The highest BCUT2D eigenvalue weighted by molar-refractivity contribution is 7.99. The molecule has 1 amide bonds. The molecule has 0 aliphatic rings. The van der Waals surface area contributed by atoms with E-state index in [9.17, 15) is 23.9 Å². The number of aromatic nitrogens is 4. The van der Waals surface area contributed by atoms with Crippen molar-refractivity contribution in [1.29, 1.82) is 0 Å². The van der Waals surface area contributed by atoms with Crippen LogP contribution in [0.15, 0.2) is 34.2 Å². The van der Waals surface area contributed by atoms with Crippen LogP contribution in [-0.4, -0.2) is 48.3 Å². The third-order valence-electron chi connectivity index (χ3n) is 3.90. The predicted molar refractivity (Wildman–Crippen MR) is 104 cm³/mol. The van der Waals surface area contributed by atoms with E-state index in [1.54, 1.807) is 16.7 Å². The zero-order valence-electron chi connectivity index (χ0n) is 15.2. The number of carboxylic acids is 1. The van der Waals surface area contributed by atoms with Crippen LogP contribution in [-0.2, 0) is 16.1 Å². The summed E-state index contributed by atoms with van der Waals surface area (Å²) in [4.78, 5) is 45.5. The molecule has 0 aliphatic carbocycles. The van der Waals surface area contributed by atoms with E-state index in [0.29, 0.717) is 10.7 Å². The van der Waals surface area contributed by atoms with Crippen LogP contribution in [0.5, 0.6) is 0 Å². The molecule has 12 heteroatoms. The second-order valence-electron chi connectivity index (χ2n) is 6.13. The maximum Gasteiger partial charge on any atom is 0.327 e. The predicted octanol–water partition coefficient (Wildman–Crippen LogP) is 0.571. The Morgan fingerprint density at radius 2 is 2.03 bits per heavy atom. The van der Waals surface area contributed by atoms with E-state index in [1.807, 2.05) is 0 Å². The fraction of sp³-hybridized carbons (Fsp3) is 0.235. The highest BCUT2D eigenvalue weighted by atomic mass is 32.2. The monoisotopic (exact) mass is 420 g/mol. The molecule has 1 atom stereocenters. The first-order chi connectivity index (χ1) is 13.7. The Labute approximate surface area is 167 Å². The van der Waals surface area contributed by atoms with E-state index in [0.717, 1.165) is 11.8 Å². The lowest BCUT2D eigenvalue weighted by Crippen LogP contribution is -2.41. The SMILES string of the molecule is CC(=O)NC(CSc1nc2c(=O)[nH]c(N)nc2n1Cc1ccc(F)cc1)C(=O)O. The van der Waals surface area contributed by atoms with E-state index in [1.165, 1.54) is 19.1 Å². The van der Waals surface area contributed by atoms with Crippen molar-refractivity contribution in [2.45, 2.75) is 24.7 Å². The van der Waals surface area contributed by atoms with Crippen molar-refractivity contribution in [3.05, 3.63) is 46.0 Å². The highest BCUT2D eigenvalue weighted by Crippen LogP contribution is 2.24. The molecule has 2 aromatic heterocycles. The zero-order chi connectivity index (χ0) is 21.1. The molecule has 152 valence electrons. The van der Waals surface area contributed by atoms with Crippen LogP contribution in [0, 0.1) is 5.82 Å². The molecule has 0 fully saturated rings. The number of imidazole rings is 1. The quantitative estimate of drug-likeness (QED) is 0.404. The summed E-state index contributed by atoms with van der Waals surface area (Å²) in [5, 5.41) is 11.9. The molecule has 3 rings (SSSR count). The Morgan fingerprint density at radius 3 is 2.66 bits per heavy atom. The lowest BCUT2D eigenvalue weighted by atomic mass is 10.2. The number of thioether (sulfide) groups is 1. The first-order valence-corrected chi connectivity index (χ1v) is 9.36. The number of aliphatic carboxylic acids is 1. The number of nitrogens with zero attached hydrogens (tertiary/aromatic N) is 3. The molecule has 1 unspecified atom stereocenters. The molecule has 0 spiro atoms. The number of H-pyrrole nitrogens is 1. The molecule has 0 aliphatic heterocycles. The van der Waals surface area contributed by atoms with Crippen LogP contribution in [0.3, 0.4) is 0 Å². The zero-order valence-corrected chi connectivity index (χ0v) is 16.0. The van der Waals surface area contributed by atoms with Gasteiger partial charge in [-0.15, -0.1) is 0 Å². The van der Waals surface area contributed by atoms with E-state index in [2.05, 4.69) is 20.3 Å². The minimum Gasteiger partial charge on any atom is -0.480 e. The van der Waals surface area contributed by atoms with Crippen LogP contribution < -0.4 is 16.6 Å². The van der Waals surface area contributed by atoms with Gasteiger partial charge in [-0.2, -0.15) is 4.98 Å². The van der Waals surface area contributed by atoms with Crippen LogP contribution in [0.1, 0.15) is 12.5 Å². The van der Waals surface area contributed by atoms with Gasteiger partial charge in [-0.1, -0.05) is 23.9 Å². The van der Waals surface area contributed by atoms with Gasteiger partial charge >= 0.3 is 5.97 Å². The smallest absolute Gasteiger partial charge is 0.327 e. The van der Waals surface area contributed by atoms with Gasteiger partial charge in [0, 0.05) is 12.7 Å². The lowest BCUT2D eigenvalue weighted by Gasteiger charge is -2.13. The fourth-order valence-corrected chi connectivity index (χ4v) is 3.61. The highest BCUT2D eigenvalue weighted by Gasteiger charge is 2.22. The van der Waals surface area contributed by atoms with Gasteiger partial charge in [0.05, 0.1) is 6.54 Å². The normalized spacial score (nSPS) is 12.1. The molecule has 0 radical (unpaired) electrons. The third-order valence-corrected chi connectivity index (χ3v) is 4.97. The molecule has 1 aromatic carbocycles. The number of carbonyl (C=O) groups is 2. The number of nitrogens with two attached hydrogens (primary N) is 1. The number of benzene rings is 1. The molecular weight excluding hydrogens is 403 g/mol. The van der Waals surface area contributed by atoms with E-state index < -0.39 is 29.3 Å². The molecule has 29 heavy (non-hydrogen) atoms. The second kappa shape index (κ2) is 8.31. The minimum atomic E-state index is -1.20. The number of carboxylic acid groups (broad SMARTS) is 1. The van der Waals surface area contributed by atoms with Crippen molar-refractivity contribution in [2.75, 3.05) is 11.5 Å². The summed E-state index contributed by atoms with van der Waals surface area (Å²) in [5.41, 5.74) is 6.07. The van der Waals surface area contributed by atoms with Gasteiger partial charge in [-0.25, -0.2) is 14.2 Å². The number of nitrogen functional groups attached to an aromatic ring is 1. The number of anilines is 1. The standard InChI is InChI=1S/C17H17FN6O4S/c1-8(25)20-11(15(27)28)7-29-17-21-12-13(22-16(19)23-14(12)26)24(17)6-9-2-4-10(18)5-3-9/h2-5,11H,6-7H2,1H3,(H,20,25)(H,27,28)(H3,19,22,23,26). The van der Waals surface area contributed by atoms with Crippen molar-refractivity contribution in [3.8, 4) is 0 Å². The number of fused-ring (bicyclic) bond motifs is 1. The number of hydrogen-bond donors (Lipinski definition) is 4. The summed E-state index contributed by atoms with van der Waals surface area (Å²) in [6.07, 6.45) is 0. The molecular formula is C17H17FN6O4S. The number of rotatable bonds is 7. The summed E-state index contributed by atoms with van der Waals surface area (Å²) in [7, 11) is 0. The summed E-state index contributed by atoms with van der Waals surface area (Å²) in [6, 6.07) is 4.60. The molecule has 2 heterocycles. The van der Waals surface area contributed by atoms with Gasteiger partial charge in [0.2, 0.25) is 11.9 Å². The molecule has 0 saturated heterocycles. The Balaban J connectivity index is 1.99. The van der Waals surface area contributed by atoms with E-state index in [-0.39, 0.29) is 29.4 Å². The topological polar surface area (TPSA) is 156 Å². The van der Waals surface area contributed by atoms with Gasteiger partial charge in [0.15, 0.2) is 16.3 Å². The molecule has 0 bridgehead atoms. The van der Waals surface area contributed by atoms with Crippen molar-refractivity contribution < 1.29 is 19.1 Å². The largest absolute Gasteiger partial charge is 0.480 e. The molecule has 0 saturated carbocycles. The van der Waals surface area contributed by atoms with Crippen LogP contribution >= 0.6 is 11.8 Å². The van der Waals surface area contributed by atoms with Crippen molar-refractivity contribution in [3.63, 3.8) is 0 Å². The fourth-order valence-electron chi connectivity index (χ4n) is 2.61. The number of carbonyl (C=O) groups excluding carboxylic acids is 1. The molecule has 10 nitrogen and oxygen atoms in total. The van der Waals surface area contributed by atoms with E-state index in [4.69, 9.17) is 5.73 Å².